The standard InChI is InChI=1S/C19H28BrN5O2.HI/c1-7-21-19(23-11-15-12(2)24-25(4)13(15)3)22-10-14-8-17(26-5)18(27-6)9-16(14)20;/h8-9H,7,10-11H2,1-6H3,(H2,21,22,23);1H. The van der Waals surface area contributed by atoms with Gasteiger partial charge in [0, 0.05) is 35.9 Å². The van der Waals surface area contributed by atoms with Gasteiger partial charge in [-0.05, 0) is 38.5 Å². The molecule has 0 saturated heterocycles. The van der Waals surface area contributed by atoms with Crippen LogP contribution in [0.5, 0.6) is 11.5 Å². The molecule has 0 radical (unpaired) electrons. The Kier molecular flexibility index (Phi) is 10.1. The van der Waals surface area contributed by atoms with Gasteiger partial charge in [0.15, 0.2) is 17.5 Å². The molecule has 1 heterocycles. The van der Waals surface area contributed by atoms with Crippen LogP contribution in [0.4, 0.5) is 0 Å². The van der Waals surface area contributed by atoms with Gasteiger partial charge < -0.3 is 20.1 Å². The fraction of sp³-hybridized carbons (Fsp3) is 0.474. The minimum Gasteiger partial charge on any atom is -0.493 e. The summed E-state index contributed by atoms with van der Waals surface area (Å²) in [5.41, 5.74) is 4.38. The number of hydrogen-bond acceptors (Lipinski definition) is 4. The average molecular weight is 566 g/mol. The molecule has 1 aromatic carbocycles. The van der Waals surface area contributed by atoms with E-state index < -0.39 is 0 Å². The van der Waals surface area contributed by atoms with Crippen LogP contribution in [0.25, 0.3) is 0 Å². The van der Waals surface area contributed by atoms with Gasteiger partial charge >= 0.3 is 0 Å². The van der Waals surface area contributed by atoms with Crippen molar-refractivity contribution in [1.29, 1.82) is 0 Å². The lowest BCUT2D eigenvalue weighted by molar-refractivity contribution is 0.354. The number of rotatable bonds is 7. The van der Waals surface area contributed by atoms with Crippen molar-refractivity contribution in [2.45, 2.75) is 33.9 Å². The van der Waals surface area contributed by atoms with E-state index in [0.717, 1.165) is 33.9 Å². The van der Waals surface area contributed by atoms with E-state index in [0.29, 0.717) is 24.6 Å². The Bertz CT molecular complexity index is 823. The molecule has 2 N–H and O–H groups in total. The molecule has 0 amide bonds. The lowest BCUT2D eigenvalue weighted by Crippen LogP contribution is -2.37. The Balaban J connectivity index is 0.00000392. The van der Waals surface area contributed by atoms with E-state index in [-0.39, 0.29) is 24.0 Å². The highest BCUT2D eigenvalue weighted by molar-refractivity contribution is 14.0. The highest BCUT2D eigenvalue weighted by atomic mass is 127. The van der Waals surface area contributed by atoms with Crippen molar-refractivity contribution in [1.82, 2.24) is 20.4 Å². The van der Waals surface area contributed by atoms with Gasteiger partial charge in [-0.15, -0.1) is 24.0 Å². The van der Waals surface area contributed by atoms with Crippen LogP contribution in [0, 0.1) is 13.8 Å². The number of methoxy groups -OCH3 is 2. The van der Waals surface area contributed by atoms with Gasteiger partial charge in [-0.1, -0.05) is 15.9 Å². The lowest BCUT2D eigenvalue weighted by atomic mass is 10.2. The smallest absolute Gasteiger partial charge is 0.191 e. The summed E-state index contributed by atoms with van der Waals surface area (Å²) in [5.74, 6) is 2.12. The van der Waals surface area contributed by atoms with E-state index >= 15 is 0 Å². The second-order valence-electron chi connectivity index (χ2n) is 6.12. The third kappa shape index (κ3) is 6.00. The van der Waals surface area contributed by atoms with Gasteiger partial charge in [0.1, 0.15) is 0 Å². The van der Waals surface area contributed by atoms with Crippen molar-refractivity contribution < 1.29 is 9.47 Å². The molecule has 0 fully saturated rings. The number of hydrogen-bond donors (Lipinski definition) is 2. The Morgan fingerprint density at radius 1 is 1.18 bits per heavy atom. The van der Waals surface area contributed by atoms with E-state index in [4.69, 9.17) is 14.5 Å². The van der Waals surface area contributed by atoms with Crippen LogP contribution in [-0.4, -0.2) is 36.5 Å². The fourth-order valence-corrected chi connectivity index (χ4v) is 3.22. The molecule has 156 valence electrons. The van der Waals surface area contributed by atoms with Gasteiger partial charge in [-0.3, -0.25) is 4.68 Å². The van der Waals surface area contributed by atoms with Crippen LogP contribution in [-0.2, 0) is 20.1 Å². The second-order valence-corrected chi connectivity index (χ2v) is 6.97. The van der Waals surface area contributed by atoms with Crippen LogP contribution in [0.2, 0.25) is 0 Å². The lowest BCUT2D eigenvalue weighted by Gasteiger charge is -2.13. The van der Waals surface area contributed by atoms with Crippen LogP contribution in [0.1, 0.15) is 29.4 Å². The monoisotopic (exact) mass is 565 g/mol. The number of aryl methyl sites for hydroxylation is 2. The minimum absolute atomic E-state index is 0. The Hall–Kier alpha value is -1.49. The SMILES string of the molecule is CCNC(=NCc1cc(OC)c(OC)cc1Br)NCc1c(C)nn(C)c1C.I. The summed E-state index contributed by atoms with van der Waals surface area (Å²) in [6.45, 7) is 8.09. The highest BCUT2D eigenvalue weighted by Gasteiger charge is 2.11. The number of ether oxygens (including phenoxy) is 2. The molecule has 7 nitrogen and oxygen atoms in total. The topological polar surface area (TPSA) is 72.7 Å². The number of aromatic nitrogens is 2. The number of halogens is 2. The van der Waals surface area contributed by atoms with E-state index in [9.17, 15) is 0 Å². The second kappa shape index (κ2) is 11.5. The molecule has 2 rings (SSSR count). The predicted molar refractivity (Wildman–Crippen MR) is 127 cm³/mol. The Morgan fingerprint density at radius 3 is 2.36 bits per heavy atom. The molecule has 0 aliphatic rings. The first kappa shape index (κ1) is 24.5. The van der Waals surface area contributed by atoms with Crippen LogP contribution in [0.15, 0.2) is 21.6 Å². The summed E-state index contributed by atoms with van der Waals surface area (Å²) in [6.07, 6.45) is 0. The quantitative estimate of drug-likeness (QED) is 0.304. The van der Waals surface area contributed by atoms with E-state index in [2.05, 4.69) is 38.6 Å². The summed E-state index contributed by atoms with van der Waals surface area (Å²) in [6, 6.07) is 3.83. The molecule has 9 heteroatoms. The maximum absolute atomic E-state index is 5.39. The largest absolute Gasteiger partial charge is 0.493 e. The zero-order valence-corrected chi connectivity index (χ0v) is 21.1. The normalized spacial score (nSPS) is 11.0. The molecule has 0 bridgehead atoms. The van der Waals surface area contributed by atoms with Gasteiger partial charge in [0.05, 0.1) is 26.5 Å². The molecule has 0 spiro atoms. The Labute approximate surface area is 192 Å². The van der Waals surface area contributed by atoms with Crippen LogP contribution < -0.4 is 20.1 Å². The first-order valence-corrected chi connectivity index (χ1v) is 9.62. The van der Waals surface area contributed by atoms with Crippen molar-refractivity contribution in [3.05, 3.63) is 39.1 Å². The molecule has 0 unspecified atom stereocenters. The van der Waals surface area contributed by atoms with Crippen molar-refractivity contribution in [2.24, 2.45) is 12.0 Å². The first-order valence-electron chi connectivity index (χ1n) is 8.82. The molecule has 28 heavy (non-hydrogen) atoms. The molecular weight excluding hydrogens is 537 g/mol. The van der Waals surface area contributed by atoms with Crippen molar-refractivity contribution in [3.63, 3.8) is 0 Å². The molecule has 0 aliphatic carbocycles. The molecule has 0 atom stereocenters. The molecule has 0 aliphatic heterocycles. The zero-order valence-electron chi connectivity index (χ0n) is 17.2. The summed E-state index contributed by atoms with van der Waals surface area (Å²) < 4.78 is 13.5. The molecule has 2 aromatic rings. The maximum atomic E-state index is 5.39. The maximum Gasteiger partial charge on any atom is 0.191 e. The van der Waals surface area contributed by atoms with E-state index in [1.54, 1.807) is 14.2 Å². The van der Waals surface area contributed by atoms with Gasteiger partial charge in [-0.25, -0.2) is 4.99 Å². The van der Waals surface area contributed by atoms with Gasteiger partial charge in [-0.2, -0.15) is 5.10 Å². The Morgan fingerprint density at radius 2 is 1.82 bits per heavy atom. The van der Waals surface area contributed by atoms with Crippen LogP contribution in [0.3, 0.4) is 0 Å². The summed E-state index contributed by atoms with van der Waals surface area (Å²) in [4.78, 5) is 4.70. The fourth-order valence-electron chi connectivity index (χ4n) is 2.77. The van der Waals surface area contributed by atoms with Crippen molar-refractivity contribution in [3.8, 4) is 11.5 Å². The van der Waals surface area contributed by atoms with E-state index in [1.165, 1.54) is 5.56 Å². The first-order chi connectivity index (χ1) is 12.9. The summed E-state index contributed by atoms with van der Waals surface area (Å²) >= 11 is 3.58. The number of aliphatic imine (C=N–C) groups is 1. The third-order valence-corrected chi connectivity index (χ3v) is 5.13. The number of nitrogens with one attached hydrogen (secondary N) is 2. The zero-order chi connectivity index (χ0) is 20.0. The number of benzene rings is 1. The summed E-state index contributed by atoms with van der Waals surface area (Å²) in [5, 5.41) is 11.1. The third-order valence-electron chi connectivity index (χ3n) is 4.40. The van der Waals surface area contributed by atoms with Crippen molar-refractivity contribution >= 4 is 45.9 Å². The average Bonchev–Trinajstić information content (AvgIpc) is 2.89. The highest BCUT2D eigenvalue weighted by Crippen LogP contribution is 2.33. The minimum atomic E-state index is 0. The van der Waals surface area contributed by atoms with Gasteiger partial charge in [0.25, 0.3) is 0 Å². The molecule has 0 saturated carbocycles. The summed E-state index contributed by atoms with van der Waals surface area (Å²) in [7, 11) is 5.21. The molecular formula is C19H29BrIN5O2. The number of nitrogens with zero attached hydrogens (tertiary/aromatic N) is 3. The van der Waals surface area contributed by atoms with Crippen molar-refractivity contribution in [2.75, 3.05) is 20.8 Å². The van der Waals surface area contributed by atoms with Crippen LogP contribution >= 0.6 is 39.9 Å². The van der Waals surface area contributed by atoms with E-state index in [1.807, 2.05) is 37.7 Å². The molecule has 1 aromatic heterocycles. The van der Waals surface area contributed by atoms with Gasteiger partial charge in [0.2, 0.25) is 0 Å². The number of guanidine groups is 1. The predicted octanol–water partition coefficient (Wildman–Crippen LogP) is 3.69.